The van der Waals surface area contributed by atoms with Crippen molar-refractivity contribution in [2.75, 3.05) is 26.4 Å². The van der Waals surface area contributed by atoms with Crippen LogP contribution >= 0.6 is 18.2 Å². The summed E-state index contributed by atoms with van der Waals surface area (Å²) >= 11 is 11.8. The van der Waals surface area contributed by atoms with E-state index in [9.17, 15) is 4.79 Å². The molecule has 1 aliphatic heterocycles. The Morgan fingerprint density at radius 3 is 2.32 bits per heavy atom. The molecule has 0 saturated carbocycles. The van der Waals surface area contributed by atoms with Crippen molar-refractivity contribution in [3.63, 3.8) is 0 Å². The lowest BCUT2D eigenvalue weighted by atomic mass is 10.0. The first-order valence-electron chi connectivity index (χ1n) is 8.25. The molecule has 1 atom stereocenters. The summed E-state index contributed by atoms with van der Waals surface area (Å²) in [5.41, 5.74) is 1.45. The van der Waals surface area contributed by atoms with Crippen molar-refractivity contribution in [3.05, 3.63) is 46.5 Å². The fraction of sp³-hybridized carbons (Fsp3) is 0.471. The summed E-state index contributed by atoms with van der Waals surface area (Å²) in [5.74, 6) is -0.348. The minimum atomic E-state index is -2.72. The van der Waals surface area contributed by atoms with Crippen LogP contribution in [0, 0.1) is 0 Å². The zero-order chi connectivity index (χ0) is 18.4. The van der Waals surface area contributed by atoms with Gasteiger partial charge in [-0.15, -0.1) is 0 Å². The van der Waals surface area contributed by atoms with Crippen molar-refractivity contribution in [2.24, 2.45) is 0 Å². The number of halogens is 1. The summed E-state index contributed by atoms with van der Waals surface area (Å²) in [7, 11) is 0. The average molecular weight is 404 g/mol. The van der Waals surface area contributed by atoms with Crippen LogP contribution in [0.15, 0.2) is 35.9 Å². The molecule has 0 aliphatic carbocycles. The highest BCUT2D eigenvalue weighted by Gasteiger charge is 2.42. The normalized spacial score (nSPS) is 18.2. The Morgan fingerprint density at radius 1 is 1.20 bits per heavy atom. The summed E-state index contributed by atoms with van der Waals surface area (Å²) < 4.78 is 18.8. The molecule has 138 valence electrons. The molecule has 1 aromatic rings. The Bertz CT molecular complexity index is 670. The highest BCUT2D eigenvalue weighted by atomic mass is 35.5. The van der Waals surface area contributed by atoms with E-state index in [1.54, 1.807) is 19.1 Å². The first-order chi connectivity index (χ1) is 12.0. The minimum absolute atomic E-state index is 0.314. The number of rotatable bonds is 8. The summed E-state index contributed by atoms with van der Waals surface area (Å²) in [6.45, 7) is 4.49. The quantitative estimate of drug-likeness (QED) is 0.471. The van der Waals surface area contributed by atoms with Crippen LogP contribution in [-0.4, -0.2) is 37.0 Å². The second kappa shape index (κ2) is 9.26. The van der Waals surface area contributed by atoms with Gasteiger partial charge in [0.25, 0.3) is 6.64 Å². The number of hydrogen-bond acceptors (Lipinski definition) is 5. The van der Waals surface area contributed by atoms with Crippen LogP contribution in [0.25, 0.3) is 0 Å². The first-order valence-corrected chi connectivity index (χ1v) is 11.2. The van der Waals surface area contributed by atoms with Gasteiger partial charge >= 0.3 is 5.97 Å². The molecule has 0 saturated heterocycles. The molecule has 1 aliphatic rings. The second-order valence-electron chi connectivity index (χ2n) is 5.26. The molecule has 8 heteroatoms. The molecule has 1 aromatic carbocycles. The van der Waals surface area contributed by atoms with Crippen molar-refractivity contribution in [2.45, 2.75) is 26.8 Å². The van der Waals surface area contributed by atoms with Gasteiger partial charge < -0.3 is 13.8 Å². The van der Waals surface area contributed by atoms with Gasteiger partial charge in [0.15, 0.2) is 0 Å². The van der Waals surface area contributed by atoms with E-state index in [1.165, 1.54) is 0 Å². The van der Waals surface area contributed by atoms with E-state index in [0.717, 1.165) is 5.56 Å². The molecule has 0 bridgehead atoms. The van der Waals surface area contributed by atoms with Gasteiger partial charge in [-0.3, -0.25) is 0 Å². The molecule has 0 radical (unpaired) electrons. The number of nitrogens with zero attached hydrogens (tertiary/aromatic N) is 1. The van der Waals surface area contributed by atoms with E-state index in [2.05, 4.69) is 0 Å². The summed E-state index contributed by atoms with van der Waals surface area (Å²) in [6.07, 6.45) is 1.84. The third-order valence-corrected chi connectivity index (χ3v) is 7.39. The Labute approximate surface area is 159 Å². The predicted octanol–water partition coefficient (Wildman–Crippen LogP) is 4.48. The molecule has 1 heterocycles. The maximum Gasteiger partial charge on any atom is 0.335 e. The third kappa shape index (κ3) is 4.70. The van der Waals surface area contributed by atoms with Crippen molar-refractivity contribution < 1.29 is 18.6 Å². The molecule has 0 N–H and O–H groups in total. The fourth-order valence-corrected chi connectivity index (χ4v) is 5.82. The maximum atomic E-state index is 12.4. The van der Waals surface area contributed by atoms with E-state index in [-0.39, 0.29) is 12.0 Å². The summed E-state index contributed by atoms with van der Waals surface area (Å²) in [4.78, 5) is 12.4. The fourth-order valence-electron chi connectivity index (χ4n) is 2.73. The summed E-state index contributed by atoms with van der Waals surface area (Å²) in [6, 6.07) is 6.98. The van der Waals surface area contributed by atoms with E-state index in [0.29, 0.717) is 37.0 Å². The molecule has 0 aromatic heterocycles. The highest BCUT2D eigenvalue weighted by Crippen LogP contribution is 2.59. The van der Waals surface area contributed by atoms with E-state index >= 15 is 0 Å². The minimum Gasteiger partial charge on any atom is -0.463 e. The van der Waals surface area contributed by atoms with Gasteiger partial charge in [-0.25, -0.2) is 9.46 Å². The third-order valence-electron chi connectivity index (χ3n) is 3.69. The Kier molecular flexibility index (Phi) is 7.62. The molecular weight excluding hydrogens is 381 g/mol. The lowest BCUT2D eigenvalue weighted by Gasteiger charge is -2.35. The van der Waals surface area contributed by atoms with Gasteiger partial charge in [0.05, 0.1) is 31.4 Å². The molecule has 0 spiro atoms. The van der Waals surface area contributed by atoms with Gasteiger partial charge in [-0.2, -0.15) is 0 Å². The maximum absolute atomic E-state index is 12.4. The van der Waals surface area contributed by atoms with E-state index in [1.807, 2.05) is 36.7 Å². The van der Waals surface area contributed by atoms with Crippen LogP contribution in [0.1, 0.15) is 32.4 Å². The number of benzene rings is 1. The molecule has 0 fully saturated rings. The monoisotopic (exact) mass is 403 g/mol. The van der Waals surface area contributed by atoms with Gasteiger partial charge in [-0.05, 0) is 50.3 Å². The number of carbonyl (C=O) groups excluding carboxylic acids is 1. The zero-order valence-electron chi connectivity index (χ0n) is 14.6. The van der Waals surface area contributed by atoms with Crippen LogP contribution in [0.3, 0.4) is 0 Å². The van der Waals surface area contributed by atoms with Crippen LogP contribution in [0.4, 0.5) is 0 Å². The Morgan fingerprint density at radius 2 is 1.80 bits per heavy atom. The largest absolute Gasteiger partial charge is 0.463 e. The topological polar surface area (TPSA) is 48.0 Å². The number of ether oxygens (including phenoxy) is 1. The molecule has 5 nitrogen and oxygen atoms in total. The van der Waals surface area contributed by atoms with Crippen LogP contribution in [0.5, 0.6) is 0 Å². The van der Waals surface area contributed by atoms with Gasteiger partial charge in [0.2, 0.25) is 0 Å². The number of hydrogen-bond donors (Lipinski definition) is 0. The van der Waals surface area contributed by atoms with Gasteiger partial charge in [0.1, 0.15) is 0 Å². The van der Waals surface area contributed by atoms with Crippen LogP contribution < -0.4 is 0 Å². The lowest BCUT2D eigenvalue weighted by molar-refractivity contribution is -0.138. The van der Waals surface area contributed by atoms with Crippen LogP contribution in [-0.2, 0) is 30.4 Å². The highest BCUT2D eigenvalue weighted by molar-refractivity contribution is 8.08. The Hall–Kier alpha value is -0.750. The van der Waals surface area contributed by atoms with Crippen molar-refractivity contribution >= 4 is 36.0 Å². The summed E-state index contributed by atoms with van der Waals surface area (Å²) in [5, 5.41) is 0.629. The smallest absolute Gasteiger partial charge is 0.335 e. The number of carbonyl (C=O) groups is 1. The van der Waals surface area contributed by atoms with Gasteiger partial charge in [0, 0.05) is 11.6 Å². The molecule has 25 heavy (non-hydrogen) atoms. The zero-order valence-corrected chi connectivity index (χ0v) is 17.1. The second-order valence-corrected chi connectivity index (χ2v) is 9.05. The SMILES string of the molecule is CCOC(=O)C1=CCN(P(=S)(OCC)OCC)[C@H]1c1ccc(Cl)cc1. The Balaban J connectivity index is 2.44. The van der Waals surface area contributed by atoms with Gasteiger partial charge in [-0.1, -0.05) is 29.8 Å². The molecule has 2 rings (SSSR count). The van der Waals surface area contributed by atoms with E-state index < -0.39 is 6.64 Å². The lowest BCUT2D eigenvalue weighted by Crippen LogP contribution is -2.27. The van der Waals surface area contributed by atoms with E-state index in [4.69, 9.17) is 37.2 Å². The van der Waals surface area contributed by atoms with Crippen molar-refractivity contribution in [1.29, 1.82) is 0 Å². The van der Waals surface area contributed by atoms with Crippen molar-refractivity contribution in [1.82, 2.24) is 4.67 Å². The predicted molar refractivity (Wildman–Crippen MR) is 103 cm³/mol. The number of esters is 1. The molecule has 0 amide bonds. The van der Waals surface area contributed by atoms with Crippen LogP contribution in [0.2, 0.25) is 5.02 Å². The molecular formula is C17H23ClNO4PS. The first kappa shape index (κ1) is 20.6. The average Bonchev–Trinajstić information content (AvgIpc) is 3.02. The molecule has 0 unspecified atom stereocenters. The standard InChI is InChI=1S/C17H23ClNO4PS/c1-4-21-17(20)15-11-12-19(24(25,22-5-2)23-6-3)16(15)13-7-9-14(18)10-8-13/h7-11,16H,4-6,12H2,1-3H3/t16-/m0/s1. The van der Waals surface area contributed by atoms with Crippen molar-refractivity contribution in [3.8, 4) is 0 Å².